The number of hydrogen-bond acceptors (Lipinski definition) is 6. The number of nitrogens with one attached hydrogen (secondary N) is 1. The van der Waals surface area contributed by atoms with Crippen molar-refractivity contribution in [1.29, 1.82) is 0 Å². The zero-order chi connectivity index (χ0) is 11.7. The molecule has 0 saturated heterocycles. The highest BCUT2D eigenvalue weighted by atomic mass is 16.4. The van der Waals surface area contributed by atoms with E-state index in [-0.39, 0.29) is 6.01 Å². The first kappa shape index (κ1) is 9.52. The molecule has 1 aromatic carbocycles. The van der Waals surface area contributed by atoms with Crippen molar-refractivity contribution in [3.8, 4) is 22.7 Å². The minimum absolute atomic E-state index is 0.143. The van der Waals surface area contributed by atoms with Gasteiger partial charge in [-0.1, -0.05) is 18.2 Å². The minimum atomic E-state index is 0.143. The molecule has 3 aromatic rings. The number of aromatic amines is 1. The number of tetrazole rings is 1. The first-order chi connectivity index (χ1) is 8.33. The van der Waals surface area contributed by atoms with Gasteiger partial charge in [-0.3, -0.25) is 0 Å². The summed E-state index contributed by atoms with van der Waals surface area (Å²) in [4.78, 5) is 3.85. The Kier molecular flexibility index (Phi) is 2.08. The monoisotopic (exact) mass is 228 g/mol. The molecule has 2 heterocycles. The molecule has 7 heteroatoms. The molecule has 0 fully saturated rings. The third-order valence-electron chi connectivity index (χ3n) is 2.27. The fourth-order valence-electron chi connectivity index (χ4n) is 1.52. The maximum atomic E-state index is 5.43. The number of nitrogen functional groups attached to an aromatic ring is 1. The molecule has 0 atom stereocenters. The van der Waals surface area contributed by atoms with E-state index in [9.17, 15) is 0 Å². The van der Waals surface area contributed by atoms with Crippen LogP contribution in [0.4, 0.5) is 6.01 Å². The van der Waals surface area contributed by atoms with E-state index >= 15 is 0 Å². The van der Waals surface area contributed by atoms with Crippen LogP contribution in [0.25, 0.3) is 22.7 Å². The molecule has 17 heavy (non-hydrogen) atoms. The average molecular weight is 228 g/mol. The molecule has 0 saturated carbocycles. The molecule has 0 amide bonds. The van der Waals surface area contributed by atoms with Gasteiger partial charge in [0, 0.05) is 11.1 Å². The summed E-state index contributed by atoms with van der Waals surface area (Å²) in [6, 6.07) is 7.67. The van der Waals surface area contributed by atoms with E-state index in [1.165, 1.54) is 0 Å². The van der Waals surface area contributed by atoms with Gasteiger partial charge in [0.15, 0.2) is 5.76 Å². The zero-order valence-electron chi connectivity index (χ0n) is 8.66. The minimum Gasteiger partial charge on any atom is -0.424 e. The Morgan fingerprint density at radius 2 is 2.12 bits per heavy atom. The summed E-state index contributed by atoms with van der Waals surface area (Å²) in [5.41, 5.74) is 7.13. The highest BCUT2D eigenvalue weighted by Crippen LogP contribution is 2.25. The van der Waals surface area contributed by atoms with E-state index in [1.54, 1.807) is 6.20 Å². The van der Waals surface area contributed by atoms with Crippen molar-refractivity contribution in [2.45, 2.75) is 0 Å². The molecule has 0 aliphatic heterocycles. The number of oxazole rings is 1. The third kappa shape index (κ3) is 1.73. The van der Waals surface area contributed by atoms with Gasteiger partial charge in [-0.2, -0.15) is 5.21 Å². The van der Waals surface area contributed by atoms with Crippen molar-refractivity contribution in [2.75, 3.05) is 5.73 Å². The Bertz CT molecular complexity index is 630. The lowest BCUT2D eigenvalue weighted by Gasteiger charge is -1.98. The van der Waals surface area contributed by atoms with Crippen molar-refractivity contribution in [2.24, 2.45) is 0 Å². The van der Waals surface area contributed by atoms with Crippen LogP contribution in [0.2, 0.25) is 0 Å². The number of aromatic nitrogens is 5. The van der Waals surface area contributed by atoms with Crippen LogP contribution in [0.5, 0.6) is 0 Å². The third-order valence-corrected chi connectivity index (χ3v) is 2.27. The average Bonchev–Trinajstić information content (AvgIpc) is 3.00. The van der Waals surface area contributed by atoms with Crippen molar-refractivity contribution < 1.29 is 4.42 Å². The van der Waals surface area contributed by atoms with Gasteiger partial charge in [-0.15, -0.1) is 10.2 Å². The van der Waals surface area contributed by atoms with Gasteiger partial charge in [0.05, 0.1) is 6.20 Å². The molecule has 3 rings (SSSR count). The van der Waals surface area contributed by atoms with E-state index in [0.717, 1.165) is 11.1 Å². The standard InChI is InChI=1S/C10H8N6O/c11-10-12-5-8(17-10)6-2-1-3-7(4-6)9-13-15-16-14-9/h1-5H,(H2,11,12)(H,13,14,15,16). The van der Waals surface area contributed by atoms with Crippen LogP contribution in [0, 0.1) is 0 Å². The summed E-state index contributed by atoms with van der Waals surface area (Å²) in [6.07, 6.45) is 1.57. The van der Waals surface area contributed by atoms with Crippen molar-refractivity contribution >= 4 is 6.01 Å². The van der Waals surface area contributed by atoms with Crippen LogP contribution in [-0.4, -0.2) is 25.6 Å². The maximum absolute atomic E-state index is 5.43. The van der Waals surface area contributed by atoms with E-state index in [2.05, 4.69) is 25.6 Å². The van der Waals surface area contributed by atoms with Crippen LogP contribution in [-0.2, 0) is 0 Å². The molecule has 3 N–H and O–H groups in total. The molecule has 84 valence electrons. The SMILES string of the molecule is Nc1ncc(-c2cccc(-c3nn[nH]n3)c2)o1. The largest absolute Gasteiger partial charge is 0.424 e. The quantitative estimate of drug-likeness (QED) is 0.680. The number of benzene rings is 1. The van der Waals surface area contributed by atoms with Gasteiger partial charge in [0.2, 0.25) is 5.82 Å². The predicted octanol–water partition coefficient (Wildman–Crippen LogP) is 1.10. The number of nitrogens with two attached hydrogens (primary N) is 1. The van der Waals surface area contributed by atoms with E-state index in [1.807, 2.05) is 24.3 Å². The van der Waals surface area contributed by atoms with Crippen LogP contribution in [0.15, 0.2) is 34.9 Å². The molecule has 0 spiro atoms. The maximum Gasteiger partial charge on any atom is 0.292 e. The summed E-state index contributed by atoms with van der Waals surface area (Å²) >= 11 is 0. The molecule has 2 aromatic heterocycles. The normalized spacial score (nSPS) is 10.6. The van der Waals surface area contributed by atoms with Crippen LogP contribution < -0.4 is 5.73 Å². The summed E-state index contributed by atoms with van der Waals surface area (Å²) in [6.45, 7) is 0. The highest BCUT2D eigenvalue weighted by molar-refractivity contribution is 5.66. The van der Waals surface area contributed by atoms with Crippen LogP contribution >= 0.6 is 0 Å². The van der Waals surface area contributed by atoms with Gasteiger partial charge in [-0.25, -0.2) is 4.98 Å². The molecular formula is C10H8N6O. The Hall–Kier alpha value is -2.70. The predicted molar refractivity (Wildman–Crippen MR) is 59.5 cm³/mol. The van der Waals surface area contributed by atoms with E-state index < -0.39 is 0 Å². The lowest BCUT2D eigenvalue weighted by atomic mass is 10.1. The molecule has 0 aliphatic rings. The Morgan fingerprint density at radius 1 is 1.24 bits per heavy atom. The Labute approximate surface area is 95.7 Å². The Balaban J connectivity index is 2.05. The molecule has 0 aliphatic carbocycles. The lowest BCUT2D eigenvalue weighted by Crippen LogP contribution is -1.82. The van der Waals surface area contributed by atoms with Crippen molar-refractivity contribution in [1.82, 2.24) is 25.6 Å². The summed E-state index contributed by atoms with van der Waals surface area (Å²) in [5, 5.41) is 13.7. The fraction of sp³-hybridized carbons (Fsp3) is 0. The number of H-pyrrole nitrogens is 1. The summed E-state index contributed by atoms with van der Waals surface area (Å²) in [7, 11) is 0. The Morgan fingerprint density at radius 3 is 2.82 bits per heavy atom. The topological polar surface area (TPSA) is 107 Å². The van der Waals surface area contributed by atoms with Gasteiger partial charge in [-0.05, 0) is 11.3 Å². The van der Waals surface area contributed by atoms with Crippen molar-refractivity contribution in [3.63, 3.8) is 0 Å². The van der Waals surface area contributed by atoms with Crippen LogP contribution in [0.1, 0.15) is 0 Å². The second-order valence-corrected chi connectivity index (χ2v) is 3.38. The zero-order valence-corrected chi connectivity index (χ0v) is 8.66. The van der Waals surface area contributed by atoms with Gasteiger partial charge in [0.1, 0.15) is 0 Å². The van der Waals surface area contributed by atoms with Crippen molar-refractivity contribution in [3.05, 3.63) is 30.5 Å². The van der Waals surface area contributed by atoms with Gasteiger partial charge in [0.25, 0.3) is 6.01 Å². The molecule has 0 radical (unpaired) electrons. The smallest absolute Gasteiger partial charge is 0.292 e. The second-order valence-electron chi connectivity index (χ2n) is 3.38. The number of rotatable bonds is 2. The molecule has 0 unspecified atom stereocenters. The van der Waals surface area contributed by atoms with Crippen LogP contribution in [0.3, 0.4) is 0 Å². The van der Waals surface area contributed by atoms with Gasteiger partial charge >= 0.3 is 0 Å². The number of anilines is 1. The van der Waals surface area contributed by atoms with E-state index in [4.69, 9.17) is 10.2 Å². The highest BCUT2D eigenvalue weighted by Gasteiger charge is 2.07. The summed E-state index contributed by atoms with van der Waals surface area (Å²) in [5.74, 6) is 1.13. The lowest BCUT2D eigenvalue weighted by molar-refractivity contribution is 0.595. The molecular weight excluding hydrogens is 220 g/mol. The number of nitrogens with zero attached hydrogens (tertiary/aromatic N) is 4. The first-order valence-corrected chi connectivity index (χ1v) is 4.88. The van der Waals surface area contributed by atoms with E-state index in [0.29, 0.717) is 11.6 Å². The fourth-order valence-corrected chi connectivity index (χ4v) is 1.52. The first-order valence-electron chi connectivity index (χ1n) is 4.88. The summed E-state index contributed by atoms with van der Waals surface area (Å²) < 4.78 is 5.24. The molecule has 7 nitrogen and oxygen atoms in total. The van der Waals surface area contributed by atoms with Gasteiger partial charge < -0.3 is 10.2 Å². The number of hydrogen-bond donors (Lipinski definition) is 2. The molecule has 0 bridgehead atoms. The second kappa shape index (κ2) is 3.71.